The van der Waals surface area contributed by atoms with Crippen LogP contribution in [0.3, 0.4) is 0 Å². The summed E-state index contributed by atoms with van der Waals surface area (Å²) >= 11 is 0. The van der Waals surface area contributed by atoms with Crippen molar-refractivity contribution in [1.82, 2.24) is 9.97 Å². The second kappa shape index (κ2) is 6.63. The van der Waals surface area contributed by atoms with Gasteiger partial charge in [0.25, 0.3) is 0 Å². The molecule has 2 heterocycles. The number of hydrogen-bond acceptors (Lipinski definition) is 4. The summed E-state index contributed by atoms with van der Waals surface area (Å²) in [6.45, 7) is 7.78. The molecule has 1 atom stereocenters. The van der Waals surface area contributed by atoms with Crippen molar-refractivity contribution in [3.63, 3.8) is 0 Å². The predicted octanol–water partition coefficient (Wildman–Crippen LogP) is 3.80. The Balaban J connectivity index is 1.80. The predicted molar refractivity (Wildman–Crippen MR) is 88.0 cm³/mol. The summed E-state index contributed by atoms with van der Waals surface area (Å²) in [6.07, 6.45) is 7.58. The molecule has 21 heavy (non-hydrogen) atoms. The summed E-state index contributed by atoms with van der Waals surface area (Å²) in [4.78, 5) is 12.1. The van der Waals surface area contributed by atoms with Gasteiger partial charge in [0.2, 0.25) is 0 Å². The van der Waals surface area contributed by atoms with Crippen molar-refractivity contribution in [2.45, 2.75) is 58.3 Å². The standard InChI is InChI=1S/C17H28N4/c1-3-9-18-15-11-16(20-17(19-15)14-7-8-14)21-10-5-6-13(4-2)12-21/h11,13-14H,3-10,12H2,1-2H3,(H,18,19,20). The van der Waals surface area contributed by atoms with Crippen molar-refractivity contribution in [2.24, 2.45) is 5.92 Å². The van der Waals surface area contributed by atoms with Crippen LogP contribution in [-0.4, -0.2) is 29.6 Å². The number of nitrogens with one attached hydrogen (secondary N) is 1. The number of piperidine rings is 1. The fourth-order valence-electron chi connectivity index (χ4n) is 3.09. The maximum atomic E-state index is 4.87. The van der Waals surface area contributed by atoms with E-state index in [4.69, 9.17) is 9.97 Å². The Bertz CT molecular complexity index is 470. The van der Waals surface area contributed by atoms with Crippen LogP contribution in [-0.2, 0) is 0 Å². The fourth-order valence-corrected chi connectivity index (χ4v) is 3.09. The minimum Gasteiger partial charge on any atom is -0.370 e. The lowest BCUT2D eigenvalue weighted by atomic mass is 9.96. The average Bonchev–Trinajstić information content (AvgIpc) is 3.37. The molecular formula is C17H28N4. The molecule has 0 amide bonds. The zero-order valence-electron chi connectivity index (χ0n) is 13.4. The number of nitrogens with zero attached hydrogens (tertiary/aromatic N) is 3. The quantitative estimate of drug-likeness (QED) is 0.864. The van der Waals surface area contributed by atoms with Gasteiger partial charge in [-0.05, 0) is 38.0 Å². The Morgan fingerprint density at radius 1 is 1.24 bits per heavy atom. The van der Waals surface area contributed by atoms with Gasteiger partial charge in [-0.2, -0.15) is 0 Å². The molecule has 1 aromatic heterocycles. The van der Waals surface area contributed by atoms with Gasteiger partial charge in [-0.15, -0.1) is 0 Å². The molecule has 0 radical (unpaired) electrons. The second-order valence-electron chi connectivity index (χ2n) is 6.53. The van der Waals surface area contributed by atoms with Crippen molar-refractivity contribution in [3.8, 4) is 0 Å². The molecular weight excluding hydrogens is 260 g/mol. The van der Waals surface area contributed by atoms with E-state index in [1.807, 2.05) is 0 Å². The lowest BCUT2D eigenvalue weighted by molar-refractivity contribution is 0.402. The van der Waals surface area contributed by atoms with Crippen LogP contribution in [0.5, 0.6) is 0 Å². The highest BCUT2D eigenvalue weighted by molar-refractivity contribution is 5.50. The molecule has 3 rings (SSSR count). The summed E-state index contributed by atoms with van der Waals surface area (Å²) in [7, 11) is 0. The first kappa shape index (κ1) is 14.6. The van der Waals surface area contributed by atoms with Crippen molar-refractivity contribution < 1.29 is 0 Å². The van der Waals surface area contributed by atoms with E-state index in [0.29, 0.717) is 5.92 Å². The molecule has 2 aliphatic rings. The van der Waals surface area contributed by atoms with E-state index in [0.717, 1.165) is 49.4 Å². The molecule has 0 bridgehead atoms. The first-order chi connectivity index (χ1) is 10.3. The molecule has 1 saturated carbocycles. The minimum absolute atomic E-state index is 0.610. The molecule has 1 N–H and O–H groups in total. The van der Waals surface area contributed by atoms with Crippen LogP contribution in [0, 0.1) is 5.92 Å². The molecule has 0 spiro atoms. The van der Waals surface area contributed by atoms with E-state index >= 15 is 0 Å². The molecule has 4 heteroatoms. The third-order valence-corrected chi connectivity index (χ3v) is 4.65. The largest absolute Gasteiger partial charge is 0.370 e. The Labute approximate surface area is 128 Å². The van der Waals surface area contributed by atoms with Gasteiger partial charge >= 0.3 is 0 Å². The Morgan fingerprint density at radius 3 is 2.81 bits per heavy atom. The molecule has 1 aliphatic carbocycles. The van der Waals surface area contributed by atoms with Crippen LogP contribution in [0.2, 0.25) is 0 Å². The molecule has 4 nitrogen and oxygen atoms in total. The lowest BCUT2D eigenvalue weighted by Crippen LogP contribution is -2.36. The number of anilines is 2. The van der Waals surface area contributed by atoms with E-state index in [-0.39, 0.29) is 0 Å². The molecule has 1 aliphatic heterocycles. The highest BCUT2D eigenvalue weighted by atomic mass is 15.2. The second-order valence-corrected chi connectivity index (χ2v) is 6.53. The molecule has 1 aromatic rings. The van der Waals surface area contributed by atoms with Crippen LogP contribution in [0.4, 0.5) is 11.6 Å². The number of rotatable bonds is 6. The summed E-state index contributed by atoms with van der Waals surface area (Å²) < 4.78 is 0. The Kier molecular flexibility index (Phi) is 4.61. The van der Waals surface area contributed by atoms with E-state index in [2.05, 4.69) is 30.1 Å². The monoisotopic (exact) mass is 288 g/mol. The molecule has 0 aromatic carbocycles. The smallest absolute Gasteiger partial charge is 0.136 e. The van der Waals surface area contributed by atoms with Crippen molar-refractivity contribution in [3.05, 3.63) is 11.9 Å². The molecule has 1 saturated heterocycles. The number of hydrogen-bond donors (Lipinski definition) is 1. The number of aromatic nitrogens is 2. The molecule has 116 valence electrons. The van der Waals surface area contributed by atoms with E-state index in [9.17, 15) is 0 Å². The first-order valence-electron chi connectivity index (χ1n) is 8.68. The van der Waals surface area contributed by atoms with Crippen LogP contribution in [0.1, 0.15) is 64.1 Å². The molecule has 2 fully saturated rings. The van der Waals surface area contributed by atoms with Crippen LogP contribution in [0.15, 0.2) is 6.07 Å². The van der Waals surface area contributed by atoms with E-state index in [1.165, 1.54) is 32.1 Å². The van der Waals surface area contributed by atoms with Crippen LogP contribution >= 0.6 is 0 Å². The topological polar surface area (TPSA) is 41.0 Å². The maximum Gasteiger partial charge on any atom is 0.136 e. The van der Waals surface area contributed by atoms with E-state index < -0.39 is 0 Å². The van der Waals surface area contributed by atoms with E-state index in [1.54, 1.807) is 0 Å². The fraction of sp³-hybridized carbons (Fsp3) is 0.765. The van der Waals surface area contributed by atoms with Crippen molar-refractivity contribution in [2.75, 3.05) is 29.9 Å². The van der Waals surface area contributed by atoms with Crippen molar-refractivity contribution >= 4 is 11.6 Å². The van der Waals surface area contributed by atoms with Gasteiger partial charge in [0.05, 0.1) is 0 Å². The van der Waals surface area contributed by atoms with Gasteiger partial charge in [-0.3, -0.25) is 0 Å². The average molecular weight is 288 g/mol. The van der Waals surface area contributed by atoms with Gasteiger partial charge in [-0.25, -0.2) is 9.97 Å². The van der Waals surface area contributed by atoms with Gasteiger partial charge in [0.1, 0.15) is 17.5 Å². The summed E-state index contributed by atoms with van der Waals surface area (Å²) in [5.74, 6) is 4.65. The Morgan fingerprint density at radius 2 is 2.10 bits per heavy atom. The zero-order chi connectivity index (χ0) is 14.7. The third kappa shape index (κ3) is 3.66. The third-order valence-electron chi connectivity index (χ3n) is 4.65. The van der Waals surface area contributed by atoms with Crippen LogP contribution in [0.25, 0.3) is 0 Å². The minimum atomic E-state index is 0.610. The highest BCUT2D eigenvalue weighted by Crippen LogP contribution is 2.39. The highest BCUT2D eigenvalue weighted by Gasteiger charge is 2.28. The molecule has 1 unspecified atom stereocenters. The van der Waals surface area contributed by atoms with Gasteiger partial charge in [-0.1, -0.05) is 20.3 Å². The Hall–Kier alpha value is -1.32. The lowest BCUT2D eigenvalue weighted by Gasteiger charge is -2.33. The SMILES string of the molecule is CCCNc1cc(N2CCCC(CC)C2)nc(C2CC2)n1. The normalized spacial score (nSPS) is 22.4. The first-order valence-corrected chi connectivity index (χ1v) is 8.68. The summed E-state index contributed by atoms with van der Waals surface area (Å²) in [5, 5.41) is 3.44. The summed E-state index contributed by atoms with van der Waals surface area (Å²) in [6, 6.07) is 2.15. The van der Waals surface area contributed by atoms with Gasteiger partial charge in [0.15, 0.2) is 0 Å². The van der Waals surface area contributed by atoms with Gasteiger partial charge in [0, 0.05) is 31.6 Å². The van der Waals surface area contributed by atoms with Crippen LogP contribution < -0.4 is 10.2 Å². The summed E-state index contributed by atoms with van der Waals surface area (Å²) in [5.41, 5.74) is 0. The van der Waals surface area contributed by atoms with Gasteiger partial charge < -0.3 is 10.2 Å². The van der Waals surface area contributed by atoms with Crippen molar-refractivity contribution in [1.29, 1.82) is 0 Å². The zero-order valence-corrected chi connectivity index (χ0v) is 13.4. The maximum absolute atomic E-state index is 4.87.